The molecule has 0 unspecified atom stereocenters. The molecular formula is C19H15ClN4S. The van der Waals surface area contributed by atoms with Crippen molar-refractivity contribution in [3.8, 4) is 0 Å². The van der Waals surface area contributed by atoms with Crippen LogP contribution in [0.5, 0.6) is 0 Å². The Morgan fingerprint density at radius 2 is 1.72 bits per heavy atom. The number of fused-ring (bicyclic) bond motifs is 1. The molecule has 4 rings (SSSR count). The largest absolute Gasteiger partial charge is 0.350 e. The molecule has 4 nitrogen and oxygen atoms in total. The van der Waals surface area contributed by atoms with Gasteiger partial charge in [-0.15, -0.1) is 11.3 Å². The molecule has 0 aliphatic carbocycles. The van der Waals surface area contributed by atoms with Crippen molar-refractivity contribution in [3.05, 3.63) is 76.6 Å². The second-order valence-corrected chi connectivity index (χ2v) is 6.80. The van der Waals surface area contributed by atoms with Crippen LogP contribution in [-0.2, 0) is 6.54 Å². The van der Waals surface area contributed by atoms with Crippen LogP contribution in [0.25, 0.3) is 10.2 Å². The molecule has 2 aromatic carbocycles. The summed E-state index contributed by atoms with van der Waals surface area (Å²) in [4.78, 5) is 9.23. The van der Waals surface area contributed by atoms with Crippen molar-refractivity contribution in [2.75, 3.05) is 10.6 Å². The van der Waals surface area contributed by atoms with Crippen molar-refractivity contribution in [2.45, 2.75) is 6.54 Å². The molecule has 6 heteroatoms. The maximum absolute atomic E-state index is 6.26. The SMILES string of the molecule is Clc1ccccc1Nc1nc(NCc2ccccc2)nc2ccsc12. The van der Waals surface area contributed by atoms with Gasteiger partial charge >= 0.3 is 0 Å². The Labute approximate surface area is 154 Å². The number of aromatic nitrogens is 2. The van der Waals surface area contributed by atoms with Gasteiger partial charge in [-0.05, 0) is 29.1 Å². The van der Waals surface area contributed by atoms with Crippen LogP contribution in [0.1, 0.15) is 5.56 Å². The smallest absolute Gasteiger partial charge is 0.225 e. The van der Waals surface area contributed by atoms with Gasteiger partial charge in [-0.1, -0.05) is 54.1 Å². The lowest BCUT2D eigenvalue weighted by atomic mass is 10.2. The highest BCUT2D eigenvalue weighted by Crippen LogP contribution is 2.31. The lowest BCUT2D eigenvalue weighted by molar-refractivity contribution is 1.07. The average molecular weight is 367 g/mol. The fraction of sp³-hybridized carbons (Fsp3) is 0.0526. The van der Waals surface area contributed by atoms with E-state index in [0.29, 0.717) is 17.5 Å². The number of rotatable bonds is 5. The van der Waals surface area contributed by atoms with E-state index in [4.69, 9.17) is 11.6 Å². The van der Waals surface area contributed by atoms with E-state index in [0.717, 1.165) is 21.7 Å². The maximum atomic E-state index is 6.26. The van der Waals surface area contributed by atoms with Crippen molar-refractivity contribution in [3.63, 3.8) is 0 Å². The molecule has 0 spiro atoms. The number of thiophene rings is 1. The van der Waals surface area contributed by atoms with Crippen LogP contribution in [0.4, 0.5) is 17.5 Å². The first-order valence-electron chi connectivity index (χ1n) is 7.84. The summed E-state index contributed by atoms with van der Waals surface area (Å²) in [5.74, 6) is 1.34. The minimum absolute atomic E-state index is 0.587. The predicted molar refractivity (Wildman–Crippen MR) is 106 cm³/mol. The molecule has 0 saturated heterocycles. The fourth-order valence-corrected chi connectivity index (χ4v) is 3.45. The van der Waals surface area contributed by atoms with Crippen LogP contribution in [0.15, 0.2) is 66.0 Å². The Bertz CT molecular complexity index is 1000. The molecule has 2 heterocycles. The molecule has 4 aromatic rings. The molecule has 0 fully saturated rings. The number of halogens is 1. The summed E-state index contributed by atoms with van der Waals surface area (Å²) >= 11 is 7.87. The Kier molecular flexibility index (Phi) is 4.50. The van der Waals surface area contributed by atoms with Gasteiger partial charge in [0, 0.05) is 6.54 Å². The molecule has 0 radical (unpaired) electrons. The second kappa shape index (κ2) is 7.09. The Morgan fingerprint density at radius 3 is 2.56 bits per heavy atom. The lowest BCUT2D eigenvalue weighted by Gasteiger charge is -2.11. The first-order valence-corrected chi connectivity index (χ1v) is 9.10. The van der Waals surface area contributed by atoms with Gasteiger partial charge in [-0.25, -0.2) is 4.98 Å². The van der Waals surface area contributed by atoms with E-state index in [9.17, 15) is 0 Å². The minimum Gasteiger partial charge on any atom is -0.350 e. The second-order valence-electron chi connectivity index (χ2n) is 5.47. The Hall–Kier alpha value is -2.63. The Morgan fingerprint density at radius 1 is 0.920 bits per heavy atom. The molecule has 0 aliphatic rings. The summed E-state index contributed by atoms with van der Waals surface area (Å²) < 4.78 is 1.00. The molecule has 0 saturated carbocycles. The monoisotopic (exact) mass is 366 g/mol. The maximum Gasteiger partial charge on any atom is 0.225 e. The van der Waals surface area contributed by atoms with E-state index >= 15 is 0 Å². The summed E-state index contributed by atoms with van der Waals surface area (Å²) in [7, 11) is 0. The van der Waals surface area contributed by atoms with Gasteiger partial charge in [0.2, 0.25) is 5.95 Å². The van der Waals surface area contributed by atoms with Gasteiger partial charge in [0.1, 0.15) is 0 Å². The fourth-order valence-electron chi connectivity index (χ4n) is 2.49. The molecule has 0 atom stereocenters. The first kappa shape index (κ1) is 15.9. The molecular weight excluding hydrogens is 352 g/mol. The zero-order valence-corrected chi connectivity index (χ0v) is 14.8. The first-order chi connectivity index (χ1) is 12.3. The van der Waals surface area contributed by atoms with Crippen LogP contribution in [0.2, 0.25) is 5.02 Å². The number of hydrogen-bond donors (Lipinski definition) is 2. The summed E-state index contributed by atoms with van der Waals surface area (Å²) in [6.45, 7) is 0.669. The molecule has 2 N–H and O–H groups in total. The van der Waals surface area contributed by atoms with Crippen molar-refractivity contribution in [1.82, 2.24) is 9.97 Å². The topological polar surface area (TPSA) is 49.8 Å². The van der Waals surface area contributed by atoms with Crippen LogP contribution >= 0.6 is 22.9 Å². The third-order valence-corrected chi connectivity index (χ3v) is 4.96. The molecule has 0 aliphatic heterocycles. The highest BCUT2D eigenvalue weighted by molar-refractivity contribution is 7.17. The highest BCUT2D eigenvalue weighted by atomic mass is 35.5. The number of nitrogens with zero attached hydrogens (tertiary/aromatic N) is 2. The van der Waals surface area contributed by atoms with Gasteiger partial charge < -0.3 is 10.6 Å². The molecule has 124 valence electrons. The van der Waals surface area contributed by atoms with Gasteiger partial charge in [0.15, 0.2) is 5.82 Å². The van der Waals surface area contributed by atoms with E-state index in [2.05, 4.69) is 32.7 Å². The zero-order valence-electron chi connectivity index (χ0n) is 13.2. The normalized spacial score (nSPS) is 10.8. The molecule has 2 aromatic heterocycles. The van der Waals surface area contributed by atoms with E-state index in [1.807, 2.05) is 53.9 Å². The number of hydrogen-bond acceptors (Lipinski definition) is 5. The van der Waals surface area contributed by atoms with E-state index in [1.54, 1.807) is 11.3 Å². The molecule has 0 amide bonds. The lowest BCUT2D eigenvalue weighted by Crippen LogP contribution is -2.05. The number of nitrogens with one attached hydrogen (secondary N) is 2. The highest BCUT2D eigenvalue weighted by Gasteiger charge is 2.10. The number of benzene rings is 2. The van der Waals surface area contributed by atoms with Crippen LogP contribution in [-0.4, -0.2) is 9.97 Å². The summed E-state index contributed by atoms with van der Waals surface area (Å²) in [6.07, 6.45) is 0. The standard InChI is InChI=1S/C19H15ClN4S/c20-14-8-4-5-9-15(14)22-18-17-16(10-11-25-17)23-19(24-18)21-12-13-6-2-1-3-7-13/h1-11H,12H2,(H2,21,22,23,24). The van der Waals surface area contributed by atoms with Gasteiger partial charge in [-0.3, -0.25) is 0 Å². The van der Waals surface area contributed by atoms with Gasteiger partial charge in [0.05, 0.1) is 20.9 Å². The minimum atomic E-state index is 0.587. The Balaban J connectivity index is 1.64. The van der Waals surface area contributed by atoms with E-state index in [-0.39, 0.29) is 0 Å². The van der Waals surface area contributed by atoms with Crippen molar-refractivity contribution >= 4 is 50.6 Å². The van der Waals surface area contributed by atoms with Crippen molar-refractivity contribution < 1.29 is 0 Å². The average Bonchev–Trinajstić information content (AvgIpc) is 3.12. The summed E-state index contributed by atoms with van der Waals surface area (Å²) in [5, 5.41) is 9.29. The summed E-state index contributed by atoms with van der Waals surface area (Å²) in [5.41, 5.74) is 2.91. The number of anilines is 3. The van der Waals surface area contributed by atoms with Crippen molar-refractivity contribution in [1.29, 1.82) is 0 Å². The third kappa shape index (κ3) is 3.57. The third-order valence-electron chi connectivity index (χ3n) is 3.72. The van der Waals surface area contributed by atoms with Crippen LogP contribution < -0.4 is 10.6 Å². The predicted octanol–water partition coefficient (Wildman–Crippen LogP) is 5.70. The van der Waals surface area contributed by atoms with Crippen molar-refractivity contribution in [2.24, 2.45) is 0 Å². The van der Waals surface area contributed by atoms with Gasteiger partial charge in [-0.2, -0.15) is 4.98 Å². The summed E-state index contributed by atoms with van der Waals surface area (Å²) in [6, 6.07) is 19.8. The molecule has 0 bridgehead atoms. The quantitative estimate of drug-likeness (QED) is 0.475. The number of para-hydroxylation sites is 1. The molecule has 25 heavy (non-hydrogen) atoms. The van der Waals surface area contributed by atoms with E-state index < -0.39 is 0 Å². The van der Waals surface area contributed by atoms with Crippen LogP contribution in [0, 0.1) is 0 Å². The zero-order chi connectivity index (χ0) is 17.1. The van der Waals surface area contributed by atoms with Gasteiger partial charge in [0.25, 0.3) is 0 Å². The van der Waals surface area contributed by atoms with E-state index in [1.165, 1.54) is 5.56 Å². The van der Waals surface area contributed by atoms with Crippen LogP contribution in [0.3, 0.4) is 0 Å².